The summed E-state index contributed by atoms with van der Waals surface area (Å²) < 4.78 is 1.76. The van der Waals surface area contributed by atoms with Gasteiger partial charge in [-0.1, -0.05) is 19.4 Å². The molecule has 0 fully saturated rings. The average Bonchev–Trinajstić information content (AvgIpc) is 2.18. The lowest BCUT2D eigenvalue weighted by Crippen LogP contribution is -1.95. The molecular formula is C11H13Br2OP. The van der Waals surface area contributed by atoms with Crippen LogP contribution in [-0.4, -0.2) is 11.7 Å². The zero-order valence-electron chi connectivity index (χ0n) is 8.52. The molecule has 0 radical (unpaired) electrons. The standard InChI is InChI=1S/C11H13Br2OP/c1-2-3-7-15-11(14)10-8(12)5-4-6-9(10)13/h4-6,15H,2-3,7H2,1H3. The summed E-state index contributed by atoms with van der Waals surface area (Å²) in [4.78, 5) is 11.9. The monoisotopic (exact) mass is 350 g/mol. The largest absolute Gasteiger partial charge is 0.289 e. The fraction of sp³-hybridized carbons (Fsp3) is 0.364. The Morgan fingerprint density at radius 1 is 1.33 bits per heavy atom. The number of halogens is 2. The molecule has 1 rings (SSSR count). The van der Waals surface area contributed by atoms with Gasteiger partial charge in [0.15, 0.2) is 5.52 Å². The van der Waals surface area contributed by atoms with E-state index >= 15 is 0 Å². The Hall–Kier alpha value is 0.280. The van der Waals surface area contributed by atoms with Crippen molar-refractivity contribution in [3.05, 3.63) is 32.7 Å². The highest BCUT2D eigenvalue weighted by Gasteiger charge is 2.12. The highest BCUT2D eigenvalue weighted by Crippen LogP contribution is 2.31. The van der Waals surface area contributed by atoms with Crippen molar-refractivity contribution in [1.82, 2.24) is 0 Å². The minimum atomic E-state index is 0.239. The quantitative estimate of drug-likeness (QED) is 0.548. The Morgan fingerprint density at radius 2 is 1.93 bits per heavy atom. The summed E-state index contributed by atoms with van der Waals surface area (Å²) >= 11 is 6.82. The predicted octanol–water partition coefficient (Wildman–Crippen LogP) is 4.83. The van der Waals surface area contributed by atoms with Gasteiger partial charge in [-0.15, -0.1) is 0 Å². The molecule has 0 aliphatic rings. The number of carbonyl (C=O) groups is 1. The van der Waals surface area contributed by atoms with Crippen LogP contribution in [0.3, 0.4) is 0 Å². The van der Waals surface area contributed by atoms with Gasteiger partial charge in [-0.25, -0.2) is 0 Å². The molecule has 0 aromatic heterocycles. The van der Waals surface area contributed by atoms with Gasteiger partial charge in [0.25, 0.3) is 0 Å². The molecule has 82 valence electrons. The maximum atomic E-state index is 11.9. The van der Waals surface area contributed by atoms with E-state index in [0.29, 0.717) is 8.58 Å². The molecule has 0 aliphatic heterocycles. The summed E-state index contributed by atoms with van der Waals surface area (Å²) in [5.74, 6) is 0. The maximum absolute atomic E-state index is 11.9. The smallest absolute Gasteiger partial charge is 0.183 e. The number of rotatable bonds is 5. The summed E-state index contributed by atoms with van der Waals surface area (Å²) in [6.07, 6.45) is 3.28. The number of carbonyl (C=O) groups excluding carboxylic acids is 1. The Balaban J connectivity index is 2.73. The molecule has 0 amide bonds. The lowest BCUT2D eigenvalue weighted by Gasteiger charge is -2.05. The van der Waals surface area contributed by atoms with Crippen LogP contribution in [0.4, 0.5) is 0 Å². The molecule has 15 heavy (non-hydrogen) atoms. The fourth-order valence-corrected chi connectivity index (χ4v) is 4.11. The second-order valence-corrected chi connectivity index (χ2v) is 6.22. The minimum absolute atomic E-state index is 0.239. The number of unbranched alkanes of at least 4 members (excludes halogenated alkanes) is 1. The van der Waals surface area contributed by atoms with Gasteiger partial charge in [0.05, 0.1) is 5.56 Å². The van der Waals surface area contributed by atoms with E-state index in [0.717, 1.165) is 33.5 Å². The highest BCUT2D eigenvalue weighted by molar-refractivity contribution is 9.11. The molecule has 0 aliphatic carbocycles. The molecule has 0 bridgehead atoms. The molecule has 1 aromatic carbocycles. The van der Waals surface area contributed by atoms with Crippen LogP contribution in [0.5, 0.6) is 0 Å². The Kier molecular flexibility index (Phi) is 6.03. The van der Waals surface area contributed by atoms with Crippen LogP contribution < -0.4 is 0 Å². The number of hydrogen-bond acceptors (Lipinski definition) is 1. The van der Waals surface area contributed by atoms with E-state index in [-0.39, 0.29) is 5.52 Å². The molecular weight excluding hydrogens is 339 g/mol. The van der Waals surface area contributed by atoms with Crippen molar-refractivity contribution in [2.75, 3.05) is 6.16 Å². The molecule has 4 heteroatoms. The summed E-state index contributed by atoms with van der Waals surface area (Å²) in [6, 6.07) is 5.73. The normalized spacial score (nSPS) is 11.1. The van der Waals surface area contributed by atoms with Crippen LogP contribution >= 0.6 is 40.4 Å². The van der Waals surface area contributed by atoms with Crippen molar-refractivity contribution in [1.29, 1.82) is 0 Å². The molecule has 1 unspecified atom stereocenters. The van der Waals surface area contributed by atoms with E-state index in [9.17, 15) is 4.79 Å². The molecule has 0 saturated carbocycles. The first-order valence-electron chi connectivity index (χ1n) is 4.89. The van der Waals surface area contributed by atoms with Crippen LogP contribution in [0.1, 0.15) is 30.1 Å². The minimum Gasteiger partial charge on any atom is -0.289 e. The van der Waals surface area contributed by atoms with E-state index in [4.69, 9.17) is 0 Å². The average molecular weight is 352 g/mol. The first-order valence-corrected chi connectivity index (χ1v) is 7.68. The van der Waals surface area contributed by atoms with Crippen molar-refractivity contribution in [3.8, 4) is 0 Å². The molecule has 0 spiro atoms. The zero-order chi connectivity index (χ0) is 11.3. The van der Waals surface area contributed by atoms with Gasteiger partial charge in [0.2, 0.25) is 0 Å². The second-order valence-electron chi connectivity index (χ2n) is 3.21. The van der Waals surface area contributed by atoms with E-state index in [2.05, 4.69) is 38.8 Å². The lowest BCUT2D eigenvalue weighted by atomic mass is 10.2. The van der Waals surface area contributed by atoms with Gasteiger partial charge < -0.3 is 0 Å². The van der Waals surface area contributed by atoms with Crippen LogP contribution in [0.15, 0.2) is 27.1 Å². The van der Waals surface area contributed by atoms with Crippen molar-refractivity contribution >= 4 is 46.0 Å². The molecule has 1 aromatic rings. The van der Waals surface area contributed by atoms with Gasteiger partial charge in [-0.2, -0.15) is 0 Å². The van der Waals surface area contributed by atoms with Crippen LogP contribution in [0.25, 0.3) is 0 Å². The second kappa shape index (κ2) is 6.78. The summed E-state index contributed by atoms with van der Waals surface area (Å²) in [5, 5.41) is 0. The molecule has 1 nitrogen and oxygen atoms in total. The Labute approximate surface area is 109 Å². The molecule has 1 atom stereocenters. The van der Waals surface area contributed by atoms with Crippen molar-refractivity contribution in [2.45, 2.75) is 19.8 Å². The predicted molar refractivity (Wildman–Crippen MR) is 74.3 cm³/mol. The molecule has 0 heterocycles. The van der Waals surface area contributed by atoms with Gasteiger partial charge in [0, 0.05) is 8.95 Å². The highest BCUT2D eigenvalue weighted by atomic mass is 79.9. The topological polar surface area (TPSA) is 17.1 Å². The van der Waals surface area contributed by atoms with Crippen LogP contribution in [0.2, 0.25) is 0 Å². The first-order chi connectivity index (χ1) is 7.16. The summed E-state index contributed by atoms with van der Waals surface area (Å²) in [5.41, 5.74) is 1.02. The zero-order valence-corrected chi connectivity index (χ0v) is 12.7. The van der Waals surface area contributed by atoms with Crippen molar-refractivity contribution < 1.29 is 4.79 Å². The number of benzene rings is 1. The van der Waals surface area contributed by atoms with Crippen LogP contribution in [-0.2, 0) is 0 Å². The summed E-state index contributed by atoms with van der Waals surface area (Å²) in [6.45, 7) is 2.14. The third kappa shape index (κ3) is 3.97. The molecule has 0 N–H and O–H groups in total. The van der Waals surface area contributed by atoms with Gasteiger partial charge in [-0.3, -0.25) is 4.79 Å². The third-order valence-electron chi connectivity index (χ3n) is 2.01. The van der Waals surface area contributed by atoms with Gasteiger partial charge in [-0.05, 0) is 65.2 Å². The van der Waals surface area contributed by atoms with E-state index in [1.165, 1.54) is 0 Å². The van der Waals surface area contributed by atoms with Crippen molar-refractivity contribution in [3.63, 3.8) is 0 Å². The van der Waals surface area contributed by atoms with Gasteiger partial charge >= 0.3 is 0 Å². The Morgan fingerprint density at radius 3 is 2.47 bits per heavy atom. The first kappa shape index (κ1) is 13.3. The van der Waals surface area contributed by atoms with E-state index in [1.807, 2.05) is 18.2 Å². The van der Waals surface area contributed by atoms with E-state index < -0.39 is 0 Å². The maximum Gasteiger partial charge on any atom is 0.183 e. The van der Waals surface area contributed by atoms with Gasteiger partial charge in [0.1, 0.15) is 0 Å². The van der Waals surface area contributed by atoms with E-state index in [1.54, 1.807) is 0 Å². The number of hydrogen-bond donors (Lipinski definition) is 0. The third-order valence-corrected chi connectivity index (χ3v) is 4.50. The fourth-order valence-electron chi connectivity index (χ4n) is 1.18. The molecule has 0 saturated heterocycles. The summed E-state index contributed by atoms with van der Waals surface area (Å²) in [7, 11) is 0.384. The SMILES string of the molecule is CCCCPC(=O)c1c(Br)cccc1Br. The Bertz CT molecular complexity index is 332. The lowest BCUT2D eigenvalue weighted by molar-refractivity contribution is 0.108. The van der Waals surface area contributed by atoms with Crippen LogP contribution in [0, 0.1) is 0 Å². The van der Waals surface area contributed by atoms with Crippen molar-refractivity contribution in [2.24, 2.45) is 0 Å².